The number of carbonyl (C=O) groups excluding carboxylic acids is 1. The number of aliphatic carboxylic acids is 1. The van der Waals surface area contributed by atoms with Crippen molar-refractivity contribution < 1.29 is 24.2 Å². The maximum atomic E-state index is 12.1. The fraction of sp³-hybridized carbons (Fsp3) is 0.217. The van der Waals surface area contributed by atoms with Gasteiger partial charge in [-0.15, -0.1) is 0 Å². The Bertz CT molecular complexity index is 979. The molecule has 0 heterocycles. The number of nitrogens with one attached hydrogen (secondary N) is 1. The molecule has 1 amide bonds. The van der Waals surface area contributed by atoms with Gasteiger partial charge in [-0.05, 0) is 34.0 Å². The molecule has 0 aliphatic rings. The molecule has 0 unspecified atom stereocenters. The minimum absolute atomic E-state index is 0.0973. The zero-order chi connectivity index (χ0) is 20.6. The highest BCUT2D eigenvalue weighted by Gasteiger charge is 2.16. The molecule has 3 aromatic rings. The van der Waals surface area contributed by atoms with Crippen molar-refractivity contribution in [3.63, 3.8) is 0 Å². The second-order valence-electron chi connectivity index (χ2n) is 6.61. The van der Waals surface area contributed by atoms with Gasteiger partial charge < -0.3 is 19.9 Å². The van der Waals surface area contributed by atoms with E-state index < -0.39 is 12.1 Å². The van der Waals surface area contributed by atoms with Gasteiger partial charge in [0.1, 0.15) is 5.75 Å². The van der Waals surface area contributed by atoms with Crippen LogP contribution in [-0.2, 0) is 27.3 Å². The summed E-state index contributed by atoms with van der Waals surface area (Å²) >= 11 is 0. The minimum atomic E-state index is -1.00. The largest absolute Gasteiger partial charge is 0.484 e. The lowest BCUT2D eigenvalue weighted by Crippen LogP contribution is -2.28. The van der Waals surface area contributed by atoms with Crippen molar-refractivity contribution in [1.29, 1.82) is 0 Å². The second-order valence-corrected chi connectivity index (χ2v) is 6.61. The number of amides is 1. The Balaban J connectivity index is 1.49. The first-order valence-electron chi connectivity index (χ1n) is 9.27. The Hall–Kier alpha value is -3.38. The number of hydrogen-bond donors (Lipinski definition) is 2. The average molecular weight is 393 g/mol. The van der Waals surface area contributed by atoms with Crippen molar-refractivity contribution in [2.24, 2.45) is 0 Å². The molecule has 0 saturated carbocycles. The summed E-state index contributed by atoms with van der Waals surface area (Å²) in [6.45, 7) is 0.329. The summed E-state index contributed by atoms with van der Waals surface area (Å²) < 4.78 is 10.4. The number of fused-ring (bicyclic) bond motifs is 1. The van der Waals surface area contributed by atoms with Crippen LogP contribution in [0.2, 0.25) is 0 Å². The third-order valence-corrected chi connectivity index (χ3v) is 4.63. The first kappa shape index (κ1) is 20.4. The second kappa shape index (κ2) is 9.71. The van der Waals surface area contributed by atoms with Gasteiger partial charge in [0.05, 0.1) is 0 Å². The Morgan fingerprint density at radius 1 is 1.00 bits per heavy atom. The van der Waals surface area contributed by atoms with E-state index in [1.165, 1.54) is 7.11 Å². The highest BCUT2D eigenvalue weighted by atomic mass is 16.5. The Labute approximate surface area is 169 Å². The molecular weight excluding hydrogens is 370 g/mol. The van der Waals surface area contributed by atoms with Crippen molar-refractivity contribution in [3.05, 3.63) is 77.9 Å². The van der Waals surface area contributed by atoms with Gasteiger partial charge >= 0.3 is 5.97 Å². The number of ether oxygens (including phenoxy) is 2. The summed E-state index contributed by atoms with van der Waals surface area (Å²) in [5.74, 6) is -0.679. The topological polar surface area (TPSA) is 84.9 Å². The molecule has 6 nitrogen and oxygen atoms in total. The summed E-state index contributed by atoms with van der Waals surface area (Å²) in [6, 6.07) is 21.0. The molecular formula is C23H23NO5. The molecule has 0 aliphatic heterocycles. The summed E-state index contributed by atoms with van der Waals surface area (Å²) in [4.78, 5) is 23.2. The predicted octanol–water partition coefficient (Wildman–Crippen LogP) is 3.18. The van der Waals surface area contributed by atoms with E-state index in [1.807, 2.05) is 42.5 Å². The van der Waals surface area contributed by atoms with E-state index in [1.54, 1.807) is 24.3 Å². The Morgan fingerprint density at radius 2 is 1.72 bits per heavy atom. The zero-order valence-corrected chi connectivity index (χ0v) is 16.1. The van der Waals surface area contributed by atoms with Crippen LogP contribution in [0.5, 0.6) is 5.75 Å². The van der Waals surface area contributed by atoms with Crippen molar-refractivity contribution in [1.82, 2.24) is 5.32 Å². The van der Waals surface area contributed by atoms with Crippen LogP contribution in [0, 0.1) is 0 Å². The van der Waals surface area contributed by atoms with E-state index in [0.717, 1.165) is 21.9 Å². The molecule has 150 valence electrons. The third kappa shape index (κ3) is 5.56. The first-order chi connectivity index (χ1) is 14.1. The fourth-order valence-corrected chi connectivity index (χ4v) is 3.05. The van der Waals surface area contributed by atoms with Crippen LogP contribution in [0.4, 0.5) is 0 Å². The molecule has 3 aromatic carbocycles. The van der Waals surface area contributed by atoms with Gasteiger partial charge in [0.2, 0.25) is 0 Å². The molecule has 0 spiro atoms. The molecule has 0 bridgehead atoms. The number of methoxy groups -OCH3 is 1. The van der Waals surface area contributed by atoms with Crippen molar-refractivity contribution in [2.45, 2.75) is 19.1 Å². The van der Waals surface area contributed by atoms with Gasteiger partial charge in [0.15, 0.2) is 12.7 Å². The number of carboxylic acids is 1. The Morgan fingerprint density at radius 3 is 2.45 bits per heavy atom. The third-order valence-electron chi connectivity index (χ3n) is 4.63. The van der Waals surface area contributed by atoms with Crippen LogP contribution in [0.3, 0.4) is 0 Å². The molecule has 0 aromatic heterocycles. The summed E-state index contributed by atoms with van der Waals surface area (Å²) in [6.07, 6.45) is -0.626. The SMILES string of the molecule is CO[C@@H](Cc1ccc(OCC(=O)NCc2cccc3ccccc23)cc1)C(=O)O. The maximum absolute atomic E-state index is 12.1. The van der Waals surface area contributed by atoms with Crippen molar-refractivity contribution in [2.75, 3.05) is 13.7 Å². The monoisotopic (exact) mass is 393 g/mol. The Kier molecular flexibility index (Phi) is 6.81. The molecule has 0 saturated heterocycles. The summed E-state index contributed by atoms with van der Waals surface area (Å²) in [7, 11) is 1.37. The van der Waals surface area contributed by atoms with Crippen LogP contribution in [0.15, 0.2) is 66.7 Å². The van der Waals surface area contributed by atoms with E-state index in [-0.39, 0.29) is 18.9 Å². The van der Waals surface area contributed by atoms with E-state index in [4.69, 9.17) is 14.6 Å². The zero-order valence-electron chi connectivity index (χ0n) is 16.1. The highest BCUT2D eigenvalue weighted by molar-refractivity contribution is 5.86. The molecule has 0 fully saturated rings. The van der Waals surface area contributed by atoms with E-state index >= 15 is 0 Å². The lowest BCUT2D eigenvalue weighted by Gasteiger charge is -2.12. The smallest absolute Gasteiger partial charge is 0.333 e. The van der Waals surface area contributed by atoms with Crippen LogP contribution >= 0.6 is 0 Å². The normalized spacial score (nSPS) is 11.8. The van der Waals surface area contributed by atoms with Gasteiger partial charge in [0, 0.05) is 20.1 Å². The lowest BCUT2D eigenvalue weighted by molar-refractivity contribution is -0.148. The molecule has 29 heavy (non-hydrogen) atoms. The van der Waals surface area contributed by atoms with E-state index in [2.05, 4.69) is 5.32 Å². The number of benzene rings is 3. The van der Waals surface area contributed by atoms with Gasteiger partial charge in [0.25, 0.3) is 5.91 Å². The van der Waals surface area contributed by atoms with E-state index in [0.29, 0.717) is 12.3 Å². The molecule has 0 aliphatic carbocycles. The molecule has 1 atom stereocenters. The van der Waals surface area contributed by atoms with Crippen LogP contribution in [-0.4, -0.2) is 36.8 Å². The number of carboxylic acid groups (broad SMARTS) is 1. The fourth-order valence-electron chi connectivity index (χ4n) is 3.05. The summed E-state index contributed by atoms with van der Waals surface area (Å²) in [5, 5.41) is 14.2. The molecule has 3 rings (SSSR count). The average Bonchev–Trinajstić information content (AvgIpc) is 2.75. The number of carbonyl (C=O) groups is 2. The quantitative estimate of drug-likeness (QED) is 0.583. The highest BCUT2D eigenvalue weighted by Crippen LogP contribution is 2.18. The molecule has 0 radical (unpaired) electrons. The van der Waals surface area contributed by atoms with E-state index in [9.17, 15) is 9.59 Å². The molecule has 6 heteroatoms. The lowest BCUT2D eigenvalue weighted by atomic mass is 10.0. The van der Waals surface area contributed by atoms with Crippen LogP contribution in [0.25, 0.3) is 10.8 Å². The van der Waals surface area contributed by atoms with Gasteiger partial charge in [-0.2, -0.15) is 0 Å². The van der Waals surface area contributed by atoms with Crippen molar-refractivity contribution in [3.8, 4) is 5.75 Å². The standard InChI is InChI=1S/C23H23NO5/c1-28-21(23(26)27)13-16-9-11-19(12-10-16)29-15-22(25)24-14-18-7-4-6-17-5-2-3-8-20(17)18/h2-12,21H,13-15H2,1H3,(H,24,25)(H,26,27)/t21-/m0/s1. The number of hydrogen-bond acceptors (Lipinski definition) is 4. The predicted molar refractivity (Wildman–Crippen MR) is 110 cm³/mol. The van der Waals surface area contributed by atoms with Gasteiger partial charge in [-0.1, -0.05) is 54.6 Å². The maximum Gasteiger partial charge on any atom is 0.333 e. The first-order valence-corrected chi connectivity index (χ1v) is 9.27. The minimum Gasteiger partial charge on any atom is -0.484 e. The van der Waals surface area contributed by atoms with Gasteiger partial charge in [-0.25, -0.2) is 4.79 Å². The van der Waals surface area contributed by atoms with Crippen molar-refractivity contribution >= 4 is 22.6 Å². The van der Waals surface area contributed by atoms with Crippen LogP contribution in [0.1, 0.15) is 11.1 Å². The molecule has 2 N–H and O–H groups in total. The number of rotatable bonds is 9. The van der Waals surface area contributed by atoms with Crippen LogP contribution < -0.4 is 10.1 Å². The summed E-state index contributed by atoms with van der Waals surface area (Å²) in [5.41, 5.74) is 1.86. The van der Waals surface area contributed by atoms with Gasteiger partial charge in [-0.3, -0.25) is 4.79 Å².